The topological polar surface area (TPSA) is 96.4 Å². The summed E-state index contributed by atoms with van der Waals surface area (Å²) in [4.78, 5) is 14.4. The molecule has 4 rings (SSSR count). The van der Waals surface area contributed by atoms with Crippen molar-refractivity contribution >= 4 is 15.9 Å². The van der Waals surface area contributed by atoms with Crippen LogP contribution in [0.15, 0.2) is 71.6 Å². The number of likely N-dealkylation sites (N-methyl/N-ethyl adjacent to an activating group) is 1. The van der Waals surface area contributed by atoms with E-state index in [9.17, 15) is 22.7 Å². The first-order valence-corrected chi connectivity index (χ1v) is 14.1. The number of benzene rings is 3. The van der Waals surface area contributed by atoms with Gasteiger partial charge in [-0.15, -0.1) is 0 Å². The molecule has 3 aromatic rings. The Kier molecular flexibility index (Phi) is 8.58. The molecule has 8 nitrogen and oxygen atoms in total. The Labute approximate surface area is 228 Å². The Morgan fingerprint density at radius 3 is 2.46 bits per heavy atom. The molecule has 0 aromatic heterocycles. The number of aliphatic hydroxyl groups is 1. The summed E-state index contributed by atoms with van der Waals surface area (Å²) in [5, 5.41) is 9.85. The van der Waals surface area contributed by atoms with Crippen LogP contribution < -0.4 is 9.47 Å². The van der Waals surface area contributed by atoms with Crippen LogP contribution in [0.1, 0.15) is 24.2 Å². The first kappa shape index (κ1) is 28.5. The quantitative estimate of drug-likeness (QED) is 0.472. The summed E-state index contributed by atoms with van der Waals surface area (Å²) in [6.45, 7) is 3.26. The molecule has 1 aliphatic heterocycles. The van der Waals surface area contributed by atoms with E-state index in [-0.39, 0.29) is 41.8 Å². The summed E-state index contributed by atoms with van der Waals surface area (Å²) in [5.74, 6) is -0.672. The van der Waals surface area contributed by atoms with Crippen LogP contribution in [0.5, 0.6) is 11.5 Å². The van der Waals surface area contributed by atoms with Gasteiger partial charge in [0.15, 0.2) is 0 Å². The molecule has 1 heterocycles. The molecule has 1 N–H and O–H groups in total. The van der Waals surface area contributed by atoms with Crippen molar-refractivity contribution in [1.29, 1.82) is 0 Å². The molecule has 0 radical (unpaired) electrons. The van der Waals surface area contributed by atoms with Crippen molar-refractivity contribution in [2.24, 2.45) is 5.92 Å². The summed E-state index contributed by atoms with van der Waals surface area (Å²) in [5.41, 5.74) is 1.51. The number of halogens is 1. The van der Waals surface area contributed by atoms with E-state index >= 15 is 0 Å². The van der Waals surface area contributed by atoms with Gasteiger partial charge in [-0.1, -0.05) is 37.3 Å². The molecule has 10 heteroatoms. The van der Waals surface area contributed by atoms with Crippen molar-refractivity contribution in [3.05, 3.63) is 78.1 Å². The third-order valence-corrected chi connectivity index (χ3v) is 9.01. The third-order valence-electron chi connectivity index (χ3n) is 7.00. The lowest BCUT2D eigenvalue weighted by Crippen LogP contribution is -2.50. The molecule has 0 fully saturated rings. The second kappa shape index (κ2) is 11.7. The van der Waals surface area contributed by atoms with Crippen molar-refractivity contribution in [3.63, 3.8) is 0 Å². The highest BCUT2D eigenvalue weighted by atomic mass is 32.2. The number of sulfonamides is 1. The van der Waals surface area contributed by atoms with Gasteiger partial charge < -0.3 is 19.5 Å². The molecule has 0 saturated heterocycles. The van der Waals surface area contributed by atoms with Gasteiger partial charge in [-0.05, 0) is 54.4 Å². The lowest BCUT2D eigenvalue weighted by Gasteiger charge is -2.37. The van der Waals surface area contributed by atoms with Crippen molar-refractivity contribution in [1.82, 2.24) is 9.21 Å². The first-order valence-electron chi connectivity index (χ1n) is 12.6. The van der Waals surface area contributed by atoms with E-state index in [1.165, 1.54) is 33.5 Å². The number of aliphatic hydroxyl groups excluding tert-OH is 1. The molecule has 3 atom stereocenters. The number of nitrogens with zero attached hydrogens (tertiary/aromatic N) is 2. The average Bonchev–Trinajstić information content (AvgIpc) is 2.94. The fraction of sp³-hybridized carbons (Fsp3) is 0.345. The summed E-state index contributed by atoms with van der Waals surface area (Å²) >= 11 is 0. The van der Waals surface area contributed by atoms with Crippen molar-refractivity contribution < 1.29 is 32.2 Å². The smallest absolute Gasteiger partial charge is 0.256 e. The fourth-order valence-corrected chi connectivity index (χ4v) is 6.43. The van der Waals surface area contributed by atoms with Crippen LogP contribution in [0.2, 0.25) is 0 Å². The fourth-order valence-electron chi connectivity index (χ4n) is 4.60. The molecule has 0 unspecified atom stereocenters. The zero-order valence-corrected chi connectivity index (χ0v) is 23.2. The molecule has 1 amide bonds. The molecule has 0 bridgehead atoms. The number of ether oxygens (including phenoxy) is 2. The van der Waals surface area contributed by atoms with Gasteiger partial charge in [-0.3, -0.25) is 4.79 Å². The molecular weight excluding hydrogens is 523 g/mol. The summed E-state index contributed by atoms with van der Waals surface area (Å²) in [7, 11) is -0.880. The number of carbonyl (C=O) groups is 1. The van der Waals surface area contributed by atoms with Gasteiger partial charge in [-0.25, -0.2) is 12.8 Å². The normalized spacial score (nSPS) is 19.6. The molecule has 1 aliphatic rings. The summed E-state index contributed by atoms with van der Waals surface area (Å²) in [6.07, 6.45) is -0.625. The molecule has 0 saturated carbocycles. The van der Waals surface area contributed by atoms with E-state index in [2.05, 4.69) is 0 Å². The number of carbonyl (C=O) groups excluding carboxylic acids is 1. The second-order valence-electron chi connectivity index (χ2n) is 9.80. The minimum Gasteiger partial charge on any atom is -0.497 e. The van der Waals surface area contributed by atoms with Gasteiger partial charge in [0.25, 0.3) is 5.91 Å². The zero-order valence-electron chi connectivity index (χ0n) is 22.4. The van der Waals surface area contributed by atoms with E-state index in [4.69, 9.17) is 9.47 Å². The molecule has 0 aliphatic carbocycles. The van der Waals surface area contributed by atoms with E-state index in [1.807, 2.05) is 31.2 Å². The summed E-state index contributed by atoms with van der Waals surface area (Å²) < 4.78 is 54.6. The van der Waals surface area contributed by atoms with Crippen LogP contribution >= 0.6 is 0 Å². The summed E-state index contributed by atoms with van der Waals surface area (Å²) in [6, 6.07) is 17.3. The predicted octanol–water partition coefficient (Wildman–Crippen LogP) is 4.04. The molecule has 0 spiro atoms. The highest BCUT2D eigenvalue weighted by molar-refractivity contribution is 7.89. The minimum absolute atomic E-state index is 0.0277. The maximum atomic E-state index is 14.3. The van der Waals surface area contributed by atoms with Crippen LogP contribution in [0.4, 0.5) is 4.39 Å². The highest BCUT2D eigenvalue weighted by Crippen LogP contribution is 2.37. The Balaban J connectivity index is 1.74. The van der Waals surface area contributed by atoms with Gasteiger partial charge in [-0.2, -0.15) is 4.31 Å². The van der Waals surface area contributed by atoms with Crippen molar-refractivity contribution in [3.8, 4) is 22.6 Å². The van der Waals surface area contributed by atoms with Gasteiger partial charge in [0, 0.05) is 25.6 Å². The van der Waals surface area contributed by atoms with Gasteiger partial charge in [0.1, 0.15) is 28.3 Å². The predicted molar refractivity (Wildman–Crippen MR) is 146 cm³/mol. The van der Waals surface area contributed by atoms with E-state index in [1.54, 1.807) is 39.3 Å². The third kappa shape index (κ3) is 5.93. The maximum absolute atomic E-state index is 14.3. The monoisotopic (exact) mass is 556 g/mol. The zero-order chi connectivity index (χ0) is 28.3. The van der Waals surface area contributed by atoms with Crippen molar-refractivity contribution in [2.45, 2.75) is 30.9 Å². The maximum Gasteiger partial charge on any atom is 0.256 e. The van der Waals surface area contributed by atoms with Crippen LogP contribution in [-0.4, -0.2) is 74.6 Å². The minimum atomic E-state index is -4.02. The van der Waals surface area contributed by atoms with E-state index < -0.39 is 33.9 Å². The number of rotatable bonds is 7. The Bertz CT molecular complexity index is 1430. The standard InChI is InChI=1S/C29H33FN2O6S/c1-19-16-32(20(2)18-33)39(35,36)28-14-11-22(21-9-12-23(37-4)13-10-21)15-26(28)38-27(19)17-31(3)29(34)24-7-5-6-8-25(24)30/h5-15,19-20,27,33H,16-18H2,1-4H3/t19-,20+,27-/m0/s1. The molecule has 3 aromatic carbocycles. The molecule has 208 valence electrons. The first-order chi connectivity index (χ1) is 18.6. The Hall–Kier alpha value is -3.47. The number of hydrogen-bond acceptors (Lipinski definition) is 6. The Morgan fingerprint density at radius 2 is 1.82 bits per heavy atom. The molecular formula is C29H33FN2O6S. The number of amides is 1. The number of fused-ring (bicyclic) bond motifs is 1. The second-order valence-corrected chi connectivity index (χ2v) is 11.7. The SMILES string of the molecule is COc1ccc(-c2ccc3c(c2)O[C@@H](CN(C)C(=O)c2ccccc2F)[C@@H](C)CN([C@H](C)CO)S3(=O)=O)cc1. The Morgan fingerprint density at radius 1 is 1.15 bits per heavy atom. The van der Waals surface area contributed by atoms with Crippen LogP contribution in [0.3, 0.4) is 0 Å². The number of methoxy groups -OCH3 is 1. The van der Waals surface area contributed by atoms with Crippen LogP contribution in [-0.2, 0) is 10.0 Å². The van der Waals surface area contributed by atoms with Crippen LogP contribution in [0, 0.1) is 11.7 Å². The lowest BCUT2D eigenvalue weighted by atomic mass is 10.0. The van der Waals surface area contributed by atoms with Gasteiger partial charge in [0.2, 0.25) is 10.0 Å². The largest absolute Gasteiger partial charge is 0.497 e. The van der Waals surface area contributed by atoms with E-state index in [0.29, 0.717) is 5.75 Å². The van der Waals surface area contributed by atoms with Gasteiger partial charge in [0.05, 0.1) is 25.8 Å². The van der Waals surface area contributed by atoms with Crippen LogP contribution in [0.25, 0.3) is 11.1 Å². The lowest BCUT2D eigenvalue weighted by molar-refractivity contribution is 0.0560. The van der Waals surface area contributed by atoms with Crippen molar-refractivity contribution in [2.75, 3.05) is 33.9 Å². The number of hydrogen-bond donors (Lipinski definition) is 1. The van der Waals surface area contributed by atoms with E-state index in [0.717, 1.165) is 11.1 Å². The average molecular weight is 557 g/mol. The highest BCUT2D eigenvalue weighted by Gasteiger charge is 2.38. The van der Waals surface area contributed by atoms with Gasteiger partial charge >= 0.3 is 0 Å². The molecule has 39 heavy (non-hydrogen) atoms.